The van der Waals surface area contributed by atoms with Gasteiger partial charge in [-0.3, -0.25) is 14.5 Å². The Morgan fingerprint density at radius 1 is 1.21 bits per heavy atom. The molecule has 1 aromatic heterocycles. The number of aromatic nitrogens is 1. The van der Waals surface area contributed by atoms with Crippen molar-refractivity contribution >= 4 is 28.7 Å². The summed E-state index contributed by atoms with van der Waals surface area (Å²) in [7, 11) is 1.49. The lowest BCUT2D eigenvalue weighted by molar-refractivity contribution is -0.142. The van der Waals surface area contributed by atoms with Gasteiger partial charge in [-0.1, -0.05) is 0 Å². The van der Waals surface area contributed by atoms with Crippen molar-refractivity contribution in [1.29, 1.82) is 0 Å². The van der Waals surface area contributed by atoms with Crippen LogP contribution in [0.3, 0.4) is 0 Å². The van der Waals surface area contributed by atoms with Crippen molar-refractivity contribution in [3.8, 4) is 11.5 Å². The molecule has 9 heteroatoms. The van der Waals surface area contributed by atoms with Crippen LogP contribution in [0.15, 0.2) is 18.2 Å². The van der Waals surface area contributed by atoms with Crippen LogP contribution >= 0.6 is 0 Å². The minimum atomic E-state index is -1.06. The van der Waals surface area contributed by atoms with E-state index < -0.39 is 11.4 Å². The van der Waals surface area contributed by atoms with Crippen molar-refractivity contribution < 1.29 is 29.0 Å². The SMILES string of the molecule is COc1cc2[nH]c(C(=O)O)cc2cc1OCCN1C(=O)CC2(CCNCC2)C1=O. The zero-order valence-corrected chi connectivity index (χ0v) is 16.1. The Labute approximate surface area is 167 Å². The molecule has 2 amide bonds. The van der Waals surface area contributed by atoms with E-state index in [1.54, 1.807) is 12.1 Å². The number of likely N-dealkylation sites (tertiary alicyclic amines) is 1. The second-order valence-corrected chi connectivity index (χ2v) is 7.48. The number of carbonyl (C=O) groups is 3. The molecule has 0 aliphatic carbocycles. The van der Waals surface area contributed by atoms with Crippen molar-refractivity contribution in [1.82, 2.24) is 15.2 Å². The maximum Gasteiger partial charge on any atom is 0.352 e. The molecule has 2 fully saturated rings. The topological polar surface area (TPSA) is 121 Å². The number of imide groups is 1. The van der Waals surface area contributed by atoms with Gasteiger partial charge in [0.15, 0.2) is 11.5 Å². The van der Waals surface area contributed by atoms with Crippen LogP contribution in [0, 0.1) is 5.41 Å². The first-order chi connectivity index (χ1) is 13.9. The number of aromatic amines is 1. The van der Waals surface area contributed by atoms with Crippen molar-refractivity contribution in [3.63, 3.8) is 0 Å². The van der Waals surface area contributed by atoms with Crippen LogP contribution < -0.4 is 14.8 Å². The van der Waals surface area contributed by atoms with Gasteiger partial charge in [-0.05, 0) is 38.1 Å². The molecule has 0 bridgehead atoms. The standard InChI is InChI=1S/C20H23N3O6/c1-28-15-10-13-12(8-14(22-13)18(25)26)9-16(15)29-7-6-23-17(24)11-20(19(23)27)2-4-21-5-3-20/h8-10,21-22H,2-7,11H2,1H3,(H,25,26). The summed E-state index contributed by atoms with van der Waals surface area (Å²) in [5, 5.41) is 13.0. The third kappa shape index (κ3) is 3.42. The Morgan fingerprint density at radius 3 is 2.66 bits per heavy atom. The van der Waals surface area contributed by atoms with Crippen LogP contribution in [-0.2, 0) is 9.59 Å². The van der Waals surface area contributed by atoms with E-state index in [9.17, 15) is 14.4 Å². The number of fused-ring (bicyclic) bond motifs is 1. The number of H-pyrrole nitrogens is 1. The largest absolute Gasteiger partial charge is 0.493 e. The van der Waals surface area contributed by atoms with E-state index in [1.165, 1.54) is 18.1 Å². The van der Waals surface area contributed by atoms with Crippen LogP contribution in [0.1, 0.15) is 29.8 Å². The van der Waals surface area contributed by atoms with Gasteiger partial charge < -0.3 is 24.9 Å². The Morgan fingerprint density at radius 2 is 1.97 bits per heavy atom. The molecule has 154 valence electrons. The van der Waals surface area contributed by atoms with Crippen LogP contribution in [-0.4, -0.2) is 66.1 Å². The molecule has 2 saturated heterocycles. The van der Waals surface area contributed by atoms with Crippen molar-refractivity contribution in [2.24, 2.45) is 5.41 Å². The van der Waals surface area contributed by atoms with E-state index in [-0.39, 0.29) is 37.1 Å². The van der Waals surface area contributed by atoms with Crippen LogP contribution in [0.4, 0.5) is 0 Å². The fourth-order valence-corrected chi connectivity index (χ4v) is 4.16. The summed E-state index contributed by atoms with van der Waals surface area (Å²) < 4.78 is 11.1. The molecule has 2 aromatic rings. The third-order valence-electron chi connectivity index (χ3n) is 5.76. The molecule has 2 aliphatic heterocycles. The third-order valence-corrected chi connectivity index (χ3v) is 5.76. The number of hydrogen-bond donors (Lipinski definition) is 3. The van der Waals surface area contributed by atoms with E-state index in [1.807, 2.05) is 0 Å². The first-order valence-corrected chi connectivity index (χ1v) is 9.56. The number of methoxy groups -OCH3 is 1. The van der Waals surface area contributed by atoms with E-state index in [0.717, 1.165) is 13.1 Å². The first kappa shape index (κ1) is 19.3. The number of carboxylic acids is 1. The second kappa shape index (κ2) is 7.40. The summed E-state index contributed by atoms with van der Waals surface area (Å²) in [6, 6.07) is 4.85. The van der Waals surface area contributed by atoms with Crippen molar-refractivity contribution in [3.05, 3.63) is 23.9 Å². The number of carbonyl (C=O) groups excluding carboxylic acids is 2. The molecule has 0 atom stereocenters. The Hall–Kier alpha value is -3.07. The lowest BCUT2D eigenvalue weighted by atomic mass is 9.77. The van der Waals surface area contributed by atoms with Crippen LogP contribution in [0.5, 0.6) is 11.5 Å². The molecule has 29 heavy (non-hydrogen) atoms. The summed E-state index contributed by atoms with van der Waals surface area (Å²) in [5.41, 5.74) is 0.126. The number of rotatable bonds is 6. The number of ether oxygens (including phenoxy) is 2. The normalized spacial score (nSPS) is 18.6. The monoisotopic (exact) mass is 401 g/mol. The van der Waals surface area contributed by atoms with Gasteiger partial charge in [0.25, 0.3) is 0 Å². The van der Waals surface area contributed by atoms with E-state index >= 15 is 0 Å². The number of piperidine rings is 1. The number of carboxylic acid groups (broad SMARTS) is 1. The second-order valence-electron chi connectivity index (χ2n) is 7.48. The highest BCUT2D eigenvalue weighted by molar-refractivity contribution is 6.06. The van der Waals surface area contributed by atoms with Gasteiger partial charge in [-0.15, -0.1) is 0 Å². The molecule has 4 rings (SSSR count). The maximum absolute atomic E-state index is 12.8. The molecular formula is C20H23N3O6. The van der Waals surface area contributed by atoms with Gasteiger partial charge in [0, 0.05) is 17.9 Å². The highest BCUT2D eigenvalue weighted by atomic mass is 16.5. The van der Waals surface area contributed by atoms with Gasteiger partial charge in [0.05, 0.1) is 24.6 Å². The quantitative estimate of drug-likeness (QED) is 0.625. The maximum atomic E-state index is 12.8. The number of nitrogens with zero attached hydrogens (tertiary/aromatic N) is 1. The highest BCUT2D eigenvalue weighted by Crippen LogP contribution is 2.40. The van der Waals surface area contributed by atoms with E-state index in [2.05, 4.69) is 10.3 Å². The lowest BCUT2D eigenvalue weighted by Gasteiger charge is -2.31. The number of nitrogens with one attached hydrogen (secondary N) is 2. The Bertz CT molecular complexity index is 976. The summed E-state index contributed by atoms with van der Waals surface area (Å²) in [6.07, 6.45) is 1.63. The fraction of sp³-hybridized carbons (Fsp3) is 0.450. The number of benzene rings is 1. The molecular weight excluding hydrogens is 378 g/mol. The smallest absolute Gasteiger partial charge is 0.352 e. The van der Waals surface area contributed by atoms with E-state index in [0.29, 0.717) is 35.2 Å². The van der Waals surface area contributed by atoms with Gasteiger partial charge in [-0.25, -0.2) is 4.79 Å². The van der Waals surface area contributed by atoms with Gasteiger partial charge in [0.1, 0.15) is 12.3 Å². The molecule has 1 aromatic carbocycles. The minimum Gasteiger partial charge on any atom is -0.493 e. The molecule has 1 spiro atoms. The fourth-order valence-electron chi connectivity index (χ4n) is 4.16. The van der Waals surface area contributed by atoms with Crippen molar-refractivity contribution in [2.75, 3.05) is 33.4 Å². The van der Waals surface area contributed by atoms with Gasteiger partial charge >= 0.3 is 5.97 Å². The lowest BCUT2D eigenvalue weighted by Crippen LogP contribution is -2.43. The molecule has 9 nitrogen and oxygen atoms in total. The van der Waals surface area contributed by atoms with Crippen LogP contribution in [0.2, 0.25) is 0 Å². The molecule has 3 heterocycles. The van der Waals surface area contributed by atoms with Crippen molar-refractivity contribution in [2.45, 2.75) is 19.3 Å². The molecule has 0 radical (unpaired) electrons. The predicted molar refractivity (Wildman–Crippen MR) is 103 cm³/mol. The molecule has 0 saturated carbocycles. The highest BCUT2D eigenvalue weighted by Gasteiger charge is 2.51. The Balaban J connectivity index is 1.46. The summed E-state index contributed by atoms with van der Waals surface area (Å²) in [5.74, 6) is -0.455. The number of hydrogen-bond acceptors (Lipinski definition) is 6. The summed E-state index contributed by atoms with van der Waals surface area (Å²) >= 11 is 0. The van der Waals surface area contributed by atoms with E-state index in [4.69, 9.17) is 14.6 Å². The zero-order valence-electron chi connectivity index (χ0n) is 16.1. The average Bonchev–Trinajstić information content (AvgIpc) is 3.22. The minimum absolute atomic E-state index is 0.0692. The summed E-state index contributed by atoms with van der Waals surface area (Å²) in [4.78, 5) is 40.5. The van der Waals surface area contributed by atoms with Gasteiger partial charge in [-0.2, -0.15) is 0 Å². The number of amides is 2. The predicted octanol–water partition coefficient (Wildman–Crippen LogP) is 1.38. The average molecular weight is 401 g/mol. The zero-order chi connectivity index (χ0) is 20.6. The van der Waals surface area contributed by atoms with Gasteiger partial charge in [0.2, 0.25) is 11.8 Å². The molecule has 2 aliphatic rings. The molecule has 0 unspecified atom stereocenters. The molecule has 3 N–H and O–H groups in total. The summed E-state index contributed by atoms with van der Waals surface area (Å²) in [6.45, 7) is 1.79. The number of aromatic carboxylic acids is 1. The first-order valence-electron chi connectivity index (χ1n) is 9.56. The Kier molecular flexibility index (Phi) is 4.91. The van der Waals surface area contributed by atoms with Crippen LogP contribution in [0.25, 0.3) is 10.9 Å².